The van der Waals surface area contributed by atoms with Crippen molar-refractivity contribution < 1.29 is 18.7 Å². The molecule has 0 aliphatic carbocycles. The molecule has 0 radical (unpaired) electrons. The lowest BCUT2D eigenvalue weighted by Gasteiger charge is -2.07. The van der Waals surface area contributed by atoms with Crippen LogP contribution in [0.4, 0.5) is 4.39 Å². The Morgan fingerprint density at radius 3 is 2.89 bits per heavy atom. The number of carbonyl (C=O) groups is 1. The minimum Gasteiger partial charge on any atom is -0.454 e. The van der Waals surface area contributed by atoms with Crippen molar-refractivity contribution in [3.05, 3.63) is 65.2 Å². The van der Waals surface area contributed by atoms with Crippen LogP contribution in [-0.2, 0) is 19.3 Å². The molecule has 0 unspecified atom stereocenters. The van der Waals surface area contributed by atoms with Crippen LogP contribution in [-0.4, -0.2) is 27.5 Å². The molecule has 7 nitrogen and oxygen atoms in total. The monoisotopic (exact) mass is 400 g/mol. The highest BCUT2D eigenvalue weighted by atomic mass is 32.2. The number of ether oxygens (including phenoxy) is 2. The summed E-state index contributed by atoms with van der Waals surface area (Å²) < 4.78 is 26.0. The van der Waals surface area contributed by atoms with Gasteiger partial charge in [-0.3, -0.25) is 4.79 Å². The molecule has 1 aliphatic rings. The summed E-state index contributed by atoms with van der Waals surface area (Å²) in [5.74, 6) is 1.74. The van der Waals surface area contributed by atoms with Gasteiger partial charge in [-0.1, -0.05) is 30.0 Å². The summed E-state index contributed by atoms with van der Waals surface area (Å²) in [7, 11) is 1.81. The summed E-state index contributed by atoms with van der Waals surface area (Å²) in [6, 6.07) is 11.7. The van der Waals surface area contributed by atoms with Gasteiger partial charge in [0.25, 0.3) is 5.91 Å². The molecule has 1 aliphatic heterocycles. The van der Waals surface area contributed by atoms with Crippen molar-refractivity contribution in [2.75, 3.05) is 6.79 Å². The third-order valence-corrected chi connectivity index (χ3v) is 5.35. The van der Waals surface area contributed by atoms with E-state index >= 15 is 0 Å². The zero-order valence-electron chi connectivity index (χ0n) is 15.0. The minimum atomic E-state index is -0.248. The van der Waals surface area contributed by atoms with Gasteiger partial charge >= 0.3 is 0 Å². The Hall–Kier alpha value is -3.07. The molecule has 28 heavy (non-hydrogen) atoms. The quantitative estimate of drug-likeness (QED) is 0.641. The molecule has 4 rings (SSSR count). The number of aromatic nitrogens is 3. The molecule has 9 heteroatoms. The Labute approximate surface area is 164 Å². The Balaban J connectivity index is 1.36. The number of rotatable bonds is 6. The number of fused-ring (bicyclic) bond motifs is 1. The Morgan fingerprint density at radius 1 is 1.21 bits per heavy atom. The topological polar surface area (TPSA) is 78.3 Å². The van der Waals surface area contributed by atoms with Crippen LogP contribution < -0.4 is 14.8 Å². The lowest BCUT2D eigenvalue weighted by Crippen LogP contribution is -2.24. The number of carbonyl (C=O) groups excluding carboxylic acids is 1. The number of hydrogen-bond acceptors (Lipinski definition) is 6. The molecule has 1 aromatic heterocycles. The minimum absolute atomic E-state index is 0.159. The Kier molecular flexibility index (Phi) is 5.16. The molecule has 144 valence electrons. The summed E-state index contributed by atoms with van der Waals surface area (Å²) >= 11 is 1.39. The van der Waals surface area contributed by atoms with E-state index in [-0.39, 0.29) is 25.1 Å². The second kappa shape index (κ2) is 7.89. The van der Waals surface area contributed by atoms with Gasteiger partial charge in [-0.05, 0) is 29.8 Å². The van der Waals surface area contributed by atoms with Gasteiger partial charge in [0.2, 0.25) is 6.79 Å². The first-order valence-electron chi connectivity index (χ1n) is 8.54. The third-order valence-electron chi connectivity index (χ3n) is 4.28. The van der Waals surface area contributed by atoms with Crippen molar-refractivity contribution in [3.8, 4) is 11.5 Å². The fourth-order valence-corrected chi connectivity index (χ4v) is 3.60. The van der Waals surface area contributed by atoms with Gasteiger partial charge in [0, 0.05) is 18.4 Å². The summed E-state index contributed by atoms with van der Waals surface area (Å²) in [6.07, 6.45) is 0. The van der Waals surface area contributed by atoms with Crippen LogP contribution in [0.3, 0.4) is 0 Å². The highest BCUT2D eigenvalue weighted by Crippen LogP contribution is 2.32. The fraction of sp³-hybridized carbons (Fsp3) is 0.211. The van der Waals surface area contributed by atoms with Crippen molar-refractivity contribution >= 4 is 17.7 Å². The summed E-state index contributed by atoms with van der Waals surface area (Å²) in [5, 5.41) is 11.7. The first-order chi connectivity index (χ1) is 13.6. The second-order valence-corrected chi connectivity index (χ2v) is 7.03. The molecule has 3 aromatic rings. The molecular formula is C19H17FN4O3S. The predicted octanol–water partition coefficient (Wildman–Crippen LogP) is 2.91. The Morgan fingerprint density at radius 2 is 2.04 bits per heavy atom. The maximum atomic E-state index is 13.7. The Bertz CT molecular complexity index is 1020. The van der Waals surface area contributed by atoms with Crippen LogP contribution in [0.5, 0.6) is 11.5 Å². The average Bonchev–Trinajstić information content (AvgIpc) is 3.31. The van der Waals surface area contributed by atoms with Gasteiger partial charge < -0.3 is 19.4 Å². The average molecular weight is 400 g/mol. The maximum absolute atomic E-state index is 13.7. The van der Waals surface area contributed by atoms with Gasteiger partial charge in [0.1, 0.15) is 5.82 Å². The molecule has 0 saturated carbocycles. The van der Waals surface area contributed by atoms with E-state index < -0.39 is 0 Å². The summed E-state index contributed by atoms with van der Waals surface area (Å²) in [6.45, 7) is 0.379. The van der Waals surface area contributed by atoms with Crippen LogP contribution in [0.25, 0.3) is 0 Å². The normalized spacial score (nSPS) is 12.2. The molecule has 0 atom stereocenters. The zero-order chi connectivity index (χ0) is 19.5. The van der Waals surface area contributed by atoms with Crippen LogP contribution >= 0.6 is 11.8 Å². The van der Waals surface area contributed by atoms with Gasteiger partial charge in [-0.2, -0.15) is 0 Å². The van der Waals surface area contributed by atoms with Gasteiger partial charge in [0.05, 0.1) is 6.54 Å². The lowest BCUT2D eigenvalue weighted by atomic mass is 10.2. The molecule has 2 heterocycles. The number of amides is 1. The zero-order valence-corrected chi connectivity index (χ0v) is 15.8. The molecule has 0 spiro atoms. The molecule has 1 amide bonds. The van der Waals surface area contributed by atoms with Crippen molar-refractivity contribution in [1.29, 1.82) is 0 Å². The van der Waals surface area contributed by atoms with Crippen LogP contribution in [0.2, 0.25) is 0 Å². The van der Waals surface area contributed by atoms with Crippen LogP contribution in [0.1, 0.15) is 21.7 Å². The number of nitrogens with one attached hydrogen (secondary N) is 1. The smallest absolute Gasteiger partial charge is 0.251 e. The SMILES string of the molecule is Cn1c(CNC(=O)c2ccc3c(c2)OCO3)nnc1SCc1ccccc1F. The van der Waals surface area contributed by atoms with Crippen molar-refractivity contribution in [2.24, 2.45) is 7.05 Å². The first kappa shape index (κ1) is 18.3. The van der Waals surface area contributed by atoms with Crippen LogP contribution in [0, 0.1) is 5.82 Å². The lowest BCUT2D eigenvalue weighted by molar-refractivity contribution is 0.0949. The van der Waals surface area contributed by atoms with E-state index in [2.05, 4.69) is 15.5 Å². The van der Waals surface area contributed by atoms with E-state index in [1.807, 2.05) is 7.05 Å². The predicted molar refractivity (Wildman–Crippen MR) is 101 cm³/mol. The maximum Gasteiger partial charge on any atom is 0.251 e. The van der Waals surface area contributed by atoms with Gasteiger partial charge in [0.15, 0.2) is 22.5 Å². The van der Waals surface area contributed by atoms with Gasteiger partial charge in [-0.15, -0.1) is 10.2 Å². The third kappa shape index (κ3) is 3.79. The summed E-state index contributed by atoms with van der Waals surface area (Å²) in [4.78, 5) is 12.4. The highest BCUT2D eigenvalue weighted by molar-refractivity contribution is 7.98. The standard InChI is InChI=1S/C19H17FN4O3S/c1-24-17(22-23-19(24)28-10-13-4-2-3-5-14(13)20)9-21-18(25)12-6-7-15-16(8-12)27-11-26-15/h2-8H,9-11H2,1H3,(H,21,25). The van der Waals surface area contributed by atoms with Crippen LogP contribution in [0.15, 0.2) is 47.6 Å². The number of halogens is 1. The number of hydrogen-bond donors (Lipinski definition) is 1. The summed E-state index contributed by atoms with van der Waals surface area (Å²) in [5.41, 5.74) is 1.08. The van der Waals surface area contributed by atoms with Crippen molar-refractivity contribution in [1.82, 2.24) is 20.1 Å². The number of thioether (sulfide) groups is 1. The largest absolute Gasteiger partial charge is 0.454 e. The van der Waals surface area contributed by atoms with Crippen molar-refractivity contribution in [2.45, 2.75) is 17.5 Å². The fourth-order valence-electron chi connectivity index (χ4n) is 2.68. The number of nitrogens with zero attached hydrogens (tertiary/aromatic N) is 3. The second-order valence-electron chi connectivity index (χ2n) is 6.09. The molecule has 0 bridgehead atoms. The number of benzene rings is 2. The molecule has 2 aromatic carbocycles. The first-order valence-corrected chi connectivity index (χ1v) is 9.52. The van der Waals surface area contributed by atoms with E-state index in [0.717, 1.165) is 0 Å². The van der Waals surface area contributed by atoms with E-state index in [1.165, 1.54) is 17.8 Å². The van der Waals surface area contributed by atoms with E-state index in [9.17, 15) is 9.18 Å². The molecule has 0 saturated heterocycles. The highest BCUT2D eigenvalue weighted by Gasteiger charge is 2.17. The van der Waals surface area contributed by atoms with E-state index in [0.29, 0.717) is 39.4 Å². The van der Waals surface area contributed by atoms with E-state index in [1.54, 1.807) is 41.0 Å². The molecular weight excluding hydrogens is 383 g/mol. The van der Waals surface area contributed by atoms with Gasteiger partial charge in [-0.25, -0.2) is 4.39 Å². The molecule has 0 fully saturated rings. The van der Waals surface area contributed by atoms with Crippen molar-refractivity contribution in [3.63, 3.8) is 0 Å². The van der Waals surface area contributed by atoms with E-state index in [4.69, 9.17) is 9.47 Å². The molecule has 1 N–H and O–H groups in total.